The van der Waals surface area contributed by atoms with E-state index in [-0.39, 0.29) is 25.9 Å². The molecule has 0 heterocycles. The van der Waals surface area contributed by atoms with Crippen LogP contribution in [0.4, 0.5) is 0 Å². The van der Waals surface area contributed by atoms with Gasteiger partial charge in [0.15, 0.2) is 0 Å². The van der Waals surface area contributed by atoms with Gasteiger partial charge in [-0.15, -0.1) is 0 Å². The summed E-state index contributed by atoms with van der Waals surface area (Å²) in [5.41, 5.74) is 2.43. The highest BCUT2D eigenvalue weighted by molar-refractivity contribution is 7.72. The normalized spacial score (nSPS) is 33.2. The Kier molecular flexibility index (Phi) is 14.1. The van der Waals surface area contributed by atoms with Gasteiger partial charge in [0, 0.05) is 0 Å². The zero-order valence-corrected chi connectivity index (χ0v) is 31.7. The van der Waals surface area contributed by atoms with Gasteiger partial charge in [-0.2, -0.15) is 0 Å². The van der Waals surface area contributed by atoms with Crippen molar-refractivity contribution >= 4 is 15.2 Å². The predicted molar refractivity (Wildman–Crippen MR) is 184 cm³/mol. The Labute approximate surface area is 288 Å². The summed E-state index contributed by atoms with van der Waals surface area (Å²) in [6.45, 7) is 12.5. The van der Waals surface area contributed by atoms with Gasteiger partial charge in [0.05, 0.1) is 52.4 Å². The molecule has 3 saturated carbocycles. The molecule has 4 aliphatic carbocycles. The first-order chi connectivity index (χ1) is 22.4. The summed E-state index contributed by atoms with van der Waals surface area (Å²) < 4.78 is 44.8. The maximum absolute atomic E-state index is 11.3. The van der Waals surface area contributed by atoms with Crippen LogP contribution in [0.3, 0.4) is 0 Å². The van der Waals surface area contributed by atoms with E-state index < -0.39 is 26.9 Å². The first-order valence-corrected chi connectivity index (χ1v) is 21.5. The second-order valence-electron chi connectivity index (χ2n) is 16.2. The highest BCUT2D eigenvalue weighted by Crippen LogP contribution is 2.68. The van der Waals surface area contributed by atoms with Crippen LogP contribution in [-0.2, 0) is 28.1 Å². The van der Waals surface area contributed by atoms with Crippen molar-refractivity contribution < 1.29 is 52.8 Å². The molecule has 11 nitrogen and oxygen atoms in total. The molecule has 13 heteroatoms. The maximum Gasteiger partial charge on any atom is 0.371 e. The van der Waals surface area contributed by atoms with E-state index in [1.807, 2.05) is 0 Å². The van der Waals surface area contributed by atoms with Gasteiger partial charge in [-0.3, -0.25) is 9.13 Å². The number of hydrogen-bond acceptors (Lipinski definition) is 7. The van der Waals surface area contributed by atoms with Crippen LogP contribution in [0.1, 0.15) is 105 Å². The Bertz CT molecular complexity index is 1150. The van der Waals surface area contributed by atoms with Crippen molar-refractivity contribution in [2.45, 2.75) is 116 Å². The molecule has 4 rings (SSSR count). The van der Waals surface area contributed by atoms with Crippen LogP contribution in [0.15, 0.2) is 11.6 Å². The van der Waals surface area contributed by atoms with Crippen molar-refractivity contribution in [1.29, 1.82) is 0 Å². The van der Waals surface area contributed by atoms with Crippen molar-refractivity contribution in [3.8, 4) is 0 Å². The van der Waals surface area contributed by atoms with Crippen LogP contribution in [0.5, 0.6) is 0 Å². The molecule has 48 heavy (non-hydrogen) atoms. The molecule has 8 atom stereocenters. The van der Waals surface area contributed by atoms with Gasteiger partial charge in [-0.1, -0.05) is 65.5 Å². The van der Waals surface area contributed by atoms with E-state index in [9.17, 15) is 14.2 Å². The van der Waals surface area contributed by atoms with Crippen LogP contribution in [0.2, 0.25) is 0 Å². The highest BCUT2D eigenvalue weighted by atomic mass is 31.2. The average molecular weight is 723 g/mol. The molecule has 0 spiro atoms. The van der Waals surface area contributed by atoms with Crippen LogP contribution in [0.25, 0.3) is 0 Å². The quantitative estimate of drug-likeness (QED) is 0.0563. The third-order valence-electron chi connectivity index (χ3n) is 12.8. The minimum Gasteiger partial charge on any atom is -0.377 e. The lowest BCUT2D eigenvalue weighted by Gasteiger charge is -2.58. The average Bonchev–Trinajstić information content (AvgIpc) is 3.35. The fraction of sp³-hybridized carbons (Fsp3) is 0.943. The fourth-order valence-corrected chi connectivity index (χ4v) is 11.9. The number of aliphatic hydroxyl groups is 1. The highest BCUT2D eigenvalue weighted by Gasteiger charge is 2.60. The Hall–Kier alpha value is -0.160. The van der Waals surface area contributed by atoms with Crippen molar-refractivity contribution in [3.63, 3.8) is 0 Å². The first-order valence-electron chi connectivity index (χ1n) is 18.3. The van der Waals surface area contributed by atoms with Crippen molar-refractivity contribution in [2.24, 2.45) is 46.3 Å². The van der Waals surface area contributed by atoms with E-state index in [0.29, 0.717) is 30.7 Å². The van der Waals surface area contributed by atoms with Gasteiger partial charge in [0.2, 0.25) is 0 Å². The van der Waals surface area contributed by atoms with Gasteiger partial charge in [-0.05, 0) is 97.7 Å². The molecule has 5 N–H and O–H groups in total. The second kappa shape index (κ2) is 16.7. The Morgan fingerprint density at radius 1 is 0.833 bits per heavy atom. The van der Waals surface area contributed by atoms with Gasteiger partial charge in [0.25, 0.3) is 5.08 Å². The molecule has 0 amide bonds. The minimum atomic E-state index is -5.54. The lowest BCUT2D eigenvalue weighted by molar-refractivity contribution is -0.0693. The summed E-state index contributed by atoms with van der Waals surface area (Å²) >= 11 is 0. The summed E-state index contributed by atoms with van der Waals surface area (Å²) in [7, 11) is -11.1. The van der Waals surface area contributed by atoms with E-state index in [0.717, 1.165) is 48.3 Å². The van der Waals surface area contributed by atoms with Crippen molar-refractivity contribution in [3.05, 3.63) is 11.6 Å². The van der Waals surface area contributed by atoms with E-state index >= 15 is 0 Å². The smallest absolute Gasteiger partial charge is 0.371 e. The van der Waals surface area contributed by atoms with Crippen LogP contribution >= 0.6 is 15.2 Å². The SMILES string of the molecule is CC(C)CCC[C@@H](C)[C@H]1CC[C@H]2[C@@H]3CC=C4C[C@@H](OCCOCCOCCOCC(O)(P(=O)(O)O)P(=O)(O)O)CC[C@]4(C)[C@H]3CC[C@]12C. The summed E-state index contributed by atoms with van der Waals surface area (Å²) in [4.78, 5) is 36.5. The molecule has 3 fully saturated rings. The van der Waals surface area contributed by atoms with Crippen LogP contribution < -0.4 is 0 Å². The van der Waals surface area contributed by atoms with Crippen LogP contribution in [0, 0.1) is 46.3 Å². The van der Waals surface area contributed by atoms with Crippen molar-refractivity contribution in [1.82, 2.24) is 0 Å². The van der Waals surface area contributed by atoms with Crippen LogP contribution in [-0.4, -0.2) is 82.1 Å². The molecule has 0 radical (unpaired) electrons. The standard InChI is InChI=1S/C35H64O11P2/c1-25(2)7-6-8-26(3)30-11-12-31-29-10-9-27-23-28(13-15-33(27,4)32(29)14-16-34(30,31)5)46-22-21-44-18-17-43-19-20-45-24-35(36,47(37,38)39)48(40,41)42/h9,25-26,28-32,36H,6-8,10-24H2,1-5H3,(H2,37,38,39)(H2,40,41,42)/t26-,28+,29+,30-,31+,32+,33+,34-/m1/s1. The molecule has 4 aliphatic rings. The van der Waals surface area contributed by atoms with Gasteiger partial charge in [-0.25, -0.2) is 0 Å². The molecule has 280 valence electrons. The molecule has 0 saturated heterocycles. The van der Waals surface area contributed by atoms with Gasteiger partial charge >= 0.3 is 15.2 Å². The molecule has 0 aromatic carbocycles. The second-order valence-corrected chi connectivity index (χ2v) is 20.2. The predicted octanol–water partition coefficient (Wildman–Crippen LogP) is 6.46. The maximum atomic E-state index is 11.3. The molecular weight excluding hydrogens is 658 g/mol. The van der Waals surface area contributed by atoms with E-state index in [4.69, 9.17) is 38.5 Å². The van der Waals surface area contributed by atoms with E-state index in [2.05, 4.69) is 40.7 Å². The number of fused-ring (bicyclic) bond motifs is 5. The molecule has 0 aliphatic heterocycles. The first kappa shape index (κ1) is 40.6. The van der Waals surface area contributed by atoms with E-state index in [1.54, 1.807) is 5.57 Å². The number of hydrogen-bond donors (Lipinski definition) is 5. The Morgan fingerprint density at radius 2 is 1.46 bits per heavy atom. The van der Waals surface area contributed by atoms with Gasteiger partial charge in [0.1, 0.15) is 0 Å². The molecule has 0 aromatic heterocycles. The monoisotopic (exact) mass is 722 g/mol. The van der Waals surface area contributed by atoms with E-state index in [1.165, 1.54) is 57.8 Å². The minimum absolute atomic E-state index is 0.00576. The molecule has 0 unspecified atom stereocenters. The molecule has 0 bridgehead atoms. The number of allylic oxidation sites excluding steroid dienone is 1. The third-order valence-corrected chi connectivity index (χ3v) is 16.5. The third kappa shape index (κ3) is 9.06. The molecule has 0 aromatic rings. The summed E-state index contributed by atoms with van der Waals surface area (Å²) in [5, 5.41) is 6.20. The summed E-state index contributed by atoms with van der Waals surface area (Å²) in [5.74, 6) is 5.01. The Balaban J connectivity index is 1.13. The molecular formula is C35H64O11P2. The lowest BCUT2D eigenvalue weighted by Crippen LogP contribution is -2.51. The number of rotatable bonds is 19. The van der Waals surface area contributed by atoms with Crippen molar-refractivity contribution in [2.75, 3.05) is 46.2 Å². The topological polar surface area (TPSA) is 172 Å². The fourth-order valence-electron chi connectivity index (χ4n) is 10.1. The van der Waals surface area contributed by atoms with Gasteiger partial charge < -0.3 is 43.6 Å². The zero-order valence-electron chi connectivity index (χ0n) is 29.9. The largest absolute Gasteiger partial charge is 0.377 e. The lowest BCUT2D eigenvalue weighted by atomic mass is 9.47. The summed E-state index contributed by atoms with van der Waals surface area (Å²) in [6, 6.07) is 0. The Morgan fingerprint density at radius 3 is 2.08 bits per heavy atom. The zero-order chi connectivity index (χ0) is 35.4. The number of ether oxygens (including phenoxy) is 4. The summed E-state index contributed by atoms with van der Waals surface area (Å²) in [6.07, 6.45) is 17.1.